The van der Waals surface area contributed by atoms with Crippen molar-refractivity contribution < 1.29 is 0 Å². The molecule has 0 N–H and O–H groups in total. The summed E-state index contributed by atoms with van der Waals surface area (Å²) in [6.07, 6.45) is 5.92. The van der Waals surface area contributed by atoms with Crippen molar-refractivity contribution in [3.8, 4) is 0 Å². The zero-order valence-corrected chi connectivity index (χ0v) is 10.00. The molecule has 0 saturated heterocycles. The zero-order chi connectivity index (χ0) is 10.4. The first-order valence-electron chi connectivity index (χ1n) is 4.68. The molecule has 1 rings (SSSR count). The van der Waals surface area contributed by atoms with E-state index >= 15 is 0 Å². The number of allylic oxidation sites excluding steroid dienone is 1. The summed E-state index contributed by atoms with van der Waals surface area (Å²) in [6.45, 7) is 4.71. The molecule has 76 valence electrons. The fourth-order valence-electron chi connectivity index (χ4n) is 1.24. The van der Waals surface area contributed by atoms with Crippen LogP contribution in [0.1, 0.15) is 12.8 Å². The highest BCUT2D eigenvalue weighted by atomic mass is 79.9. The summed E-state index contributed by atoms with van der Waals surface area (Å²) in [5.41, 5.74) is 0. The first-order chi connectivity index (χ1) is 6.75. The monoisotopic (exact) mass is 254 g/mol. The molecule has 3 heteroatoms. The molecule has 0 radical (unpaired) electrons. The number of rotatable bonds is 5. The van der Waals surface area contributed by atoms with E-state index in [1.165, 1.54) is 0 Å². The summed E-state index contributed by atoms with van der Waals surface area (Å²) in [5.74, 6) is 0.997. The predicted molar refractivity (Wildman–Crippen MR) is 64.6 cm³/mol. The van der Waals surface area contributed by atoms with E-state index in [-0.39, 0.29) is 0 Å². The first kappa shape index (κ1) is 11.2. The Labute approximate surface area is 93.8 Å². The van der Waals surface area contributed by atoms with Gasteiger partial charge in [-0.3, -0.25) is 0 Å². The molecule has 14 heavy (non-hydrogen) atoms. The Morgan fingerprint density at radius 1 is 1.64 bits per heavy atom. The van der Waals surface area contributed by atoms with E-state index in [4.69, 9.17) is 0 Å². The summed E-state index contributed by atoms with van der Waals surface area (Å²) in [6, 6.07) is 3.93. The van der Waals surface area contributed by atoms with Crippen molar-refractivity contribution in [1.82, 2.24) is 4.98 Å². The van der Waals surface area contributed by atoms with Crippen LogP contribution in [0.4, 0.5) is 5.82 Å². The minimum Gasteiger partial charge on any atom is -0.359 e. The van der Waals surface area contributed by atoms with Crippen LogP contribution >= 0.6 is 15.9 Å². The second-order valence-corrected chi connectivity index (χ2v) is 4.02. The molecule has 1 aromatic rings. The lowest BCUT2D eigenvalue weighted by molar-refractivity contribution is 0.790. The lowest BCUT2D eigenvalue weighted by Gasteiger charge is -2.18. The number of nitrogens with zero attached hydrogens (tertiary/aromatic N) is 2. The van der Waals surface area contributed by atoms with Gasteiger partial charge in [-0.15, -0.1) is 6.58 Å². The number of aromatic nitrogens is 1. The van der Waals surface area contributed by atoms with Gasteiger partial charge in [-0.25, -0.2) is 4.98 Å². The van der Waals surface area contributed by atoms with E-state index < -0.39 is 0 Å². The van der Waals surface area contributed by atoms with Crippen LogP contribution in [-0.2, 0) is 0 Å². The number of anilines is 1. The van der Waals surface area contributed by atoms with Gasteiger partial charge >= 0.3 is 0 Å². The third kappa shape index (κ3) is 3.14. The molecule has 1 heterocycles. The van der Waals surface area contributed by atoms with Gasteiger partial charge in [0.25, 0.3) is 0 Å². The molecule has 0 saturated carbocycles. The maximum atomic E-state index is 4.31. The summed E-state index contributed by atoms with van der Waals surface area (Å²) in [4.78, 5) is 6.46. The van der Waals surface area contributed by atoms with Crippen LogP contribution in [0.2, 0.25) is 0 Å². The third-order valence-corrected chi connectivity index (χ3v) is 2.62. The SMILES string of the molecule is C=CCCCN(C)c1ncccc1Br. The molecule has 0 bridgehead atoms. The van der Waals surface area contributed by atoms with Crippen LogP contribution in [0.3, 0.4) is 0 Å². The fourth-order valence-corrected chi connectivity index (χ4v) is 1.79. The molecule has 1 aromatic heterocycles. The topological polar surface area (TPSA) is 16.1 Å². The highest BCUT2D eigenvalue weighted by Gasteiger charge is 2.04. The van der Waals surface area contributed by atoms with Gasteiger partial charge in [0.1, 0.15) is 5.82 Å². The van der Waals surface area contributed by atoms with Gasteiger partial charge in [-0.1, -0.05) is 6.08 Å². The van der Waals surface area contributed by atoms with Crippen molar-refractivity contribution in [2.75, 3.05) is 18.5 Å². The molecular weight excluding hydrogens is 240 g/mol. The molecule has 0 fully saturated rings. The molecular formula is C11H15BrN2. The summed E-state index contributed by atoms with van der Waals surface area (Å²) in [7, 11) is 2.05. The minimum absolute atomic E-state index is 0.997. The minimum atomic E-state index is 0.997. The molecule has 0 aromatic carbocycles. The Morgan fingerprint density at radius 2 is 2.43 bits per heavy atom. The largest absolute Gasteiger partial charge is 0.359 e. The highest BCUT2D eigenvalue weighted by molar-refractivity contribution is 9.10. The van der Waals surface area contributed by atoms with E-state index in [9.17, 15) is 0 Å². The van der Waals surface area contributed by atoms with Gasteiger partial charge in [-0.2, -0.15) is 0 Å². The zero-order valence-electron chi connectivity index (χ0n) is 8.41. The molecule has 0 aliphatic rings. The van der Waals surface area contributed by atoms with Gasteiger partial charge < -0.3 is 4.90 Å². The quantitative estimate of drug-likeness (QED) is 0.593. The van der Waals surface area contributed by atoms with Crippen LogP contribution in [0.15, 0.2) is 35.5 Å². The average Bonchev–Trinajstić information content (AvgIpc) is 2.18. The van der Waals surface area contributed by atoms with E-state index in [0.717, 1.165) is 29.7 Å². The Kier molecular flexibility index (Phi) is 4.66. The molecule has 0 aliphatic heterocycles. The van der Waals surface area contributed by atoms with E-state index in [1.54, 1.807) is 0 Å². The van der Waals surface area contributed by atoms with E-state index in [1.807, 2.05) is 24.4 Å². The average molecular weight is 255 g/mol. The number of hydrogen-bond donors (Lipinski definition) is 0. The van der Waals surface area contributed by atoms with Gasteiger partial charge in [-0.05, 0) is 40.9 Å². The van der Waals surface area contributed by atoms with Gasteiger partial charge in [0.2, 0.25) is 0 Å². The Hall–Kier alpha value is -0.830. The van der Waals surface area contributed by atoms with Crippen molar-refractivity contribution >= 4 is 21.7 Å². The lowest BCUT2D eigenvalue weighted by atomic mass is 10.3. The van der Waals surface area contributed by atoms with Gasteiger partial charge in [0.15, 0.2) is 0 Å². The molecule has 0 unspecified atom stereocenters. The van der Waals surface area contributed by atoms with Crippen molar-refractivity contribution in [1.29, 1.82) is 0 Å². The standard InChI is InChI=1S/C11H15BrN2/c1-3-4-5-9-14(2)11-10(12)7-6-8-13-11/h3,6-8H,1,4-5,9H2,2H3. The smallest absolute Gasteiger partial charge is 0.142 e. The van der Waals surface area contributed by atoms with Crippen LogP contribution in [0.5, 0.6) is 0 Å². The van der Waals surface area contributed by atoms with Crippen molar-refractivity contribution in [2.24, 2.45) is 0 Å². The third-order valence-electron chi connectivity index (χ3n) is 2.00. The van der Waals surface area contributed by atoms with Gasteiger partial charge in [0.05, 0.1) is 4.47 Å². The number of unbranched alkanes of at least 4 members (excludes halogenated alkanes) is 1. The maximum absolute atomic E-state index is 4.31. The lowest BCUT2D eigenvalue weighted by Crippen LogP contribution is -2.19. The fraction of sp³-hybridized carbons (Fsp3) is 0.364. The van der Waals surface area contributed by atoms with Crippen LogP contribution in [0.25, 0.3) is 0 Å². The van der Waals surface area contributed by atoms with E-state index in [2.05, 4.69) is 39.4 Å². The molecule has 0 atom stereocenters. The Bertz CT molecular complexity index is 299. The van der Waals surface area contributed by atoms with E-state index in [0.29, 0.717) is 0 Å². The summed E-state index contributed by atoms with van der Waals surface area (Å²) >= 11 is 3.48. The highest BCUT2D eigenvalue weighted by Crippen LogP contribution is 2.21. The number of hydrogen-bond acceptors (Lipinski definition) is 2. The second-order valence-electron chi connectivity index (χ2n) is 3.16. The molecule has 0 amide bonds. The normalized spacial score (nSPS) is 9.86. The predicted octanol–water partition coefficient (Wildman–Crippen LogP) is 3.25. The Morgan fingerprint density at radius 3 is 3.07 bits per heavy atom. The molecule has 2 nitrogen and oxygen atoms in total. The van der Waals surface area contributed by atoms with Crippen molar-refractivity contribution in [2.45, 2.75) is 12.8 Å². The first-order valence-corrected chi connectivity index (χ1v) is 5.47. The number of halogens is 1. The maximum Gasteiger partial charge on any atom is 0.142 e. The number of pyridine rings is 1. The molecule has 0 aliphatic carbocycles. The van der Waals surface area contributed by atoms with Gasteiger partial charge in [0, 0.05) is 19.8 Å². The Balaban J connectivity index is 2.55. The van der Waals surface area contributed by atoms with Crippen LogP contribution in [-0.4, -0.2) is 18.6 Å². The van der Waals surface area contributed by atoms with Crippen molar-refractivity contribution in [3.63, 3.8) is 0 Å². The molecule has 0 spiro atoms. The summed E-state index contributed by atoms with van der Waals surface area (Å²) in [5, 5.41) is 0. The second kappa shape index (κ2) is 5.81. The van der Waals surface area contributed by atoms with Crippen LogP contribution < -0.4 is 4.90 Å². The van der Waals surface area contributed by atoms with Crippen LogP contribution in [0, 0.1) is 0 Å². The summed E-state index contributed by atoms with van der Waals surface area (Å²) < 4.78 is 1.04. The van der Waals surface area contributed by atoms with Crippen molar-refractivity contribution in [3.05, 3.63) is 35.5 Å².